The van der Waals surface area contributed by atoms with Crippen LogP contribution in [0.4, 0.5) is 0 Å². The monoisotopic (exact) mass is 319 g/mol. The second-order valence-electron chi connectivity index (χ2n) is 6.07. The quantitative estimate of drug-likeness (QED) is 0.537. The van der Waals surface area contributed by atoms with Gasteiger partial charge in [-0.25, -0.2) is 0 Å². The Balaban J connectivity index is 1.65. The van der Waals surface area contributed by atoms with Crippen LogP contribution >= 0.6 is 0 Å². The molecule has 1 aliphatic carbocycles. The van der Waals surface area contributed by atoms with Crippen LogP contribution in [-0.2, 0) is 23.8 Å². The molecule has 1 heterocycles. The Hall–Kier alpha value is -0.660. The Morgan fingerprint density at radius 2 is 1.81 bits per heavy atom. The standard InChI is InChI=1S/C14H25NO5S/c1-3-19-14(16)12-4-6-13(7-5-12)15-8-11(9-15)10-20-21(2,17)18/h11-13H,3-10H2,1-2H3. The van der Waals surface area contributed by atoms with E-state index in [-0.39, 0.29) is 18.5 Å². The summed E-state index contributed by atoms with van der Waals surface area (Å²) in [5.41, 5.74) is 0. The van der Waals surface area contributed by atoms with Crippen molar-refractivity contribution in [1.82, 2.24) is 4.90 Å². The van der Waals surface area contributed by atoms with Crippen molar-refractivity contribution >= 4 is 16.1 Å². The highest BCUT2D eigenvalue weighted by atomic mass is 32.2. The smallest absolute Gasteiger partial charge is 0.308 e. The average molecular weight is 319 g/mol. The SMILES string of the molecule is CCOC(=O)C1CCC(N2CC(COS(C)(=O)=O)C2)CC1. The van der Waals surface area contributed by atoms with E-state index in [9.17, 15) is 13.2 Å². The fourth-order valence-electron chi connectivity index (χ4n) is 3.17. The van der Waals surface area contributed by atoms with Crippen LogP contribution in [0.2, 0.25) is 0 Å². The van der Waals surface area contributed by atoms with Crippen LogP contribution in [0.15, 0.2) is 0 Å². The molecule has 1 aliphatic heterocycles. The van der Waals surface area contributed by atoms with Crippen molar-refractivity contribution in [2.24, 2.45) is 11.8 Å². The number of likely N-dealkylation sites (tertiary alicyclic amines) is 1. The highest BCUT2D eigenvalue weighted by Gasteiger charge is 2.36. The lowest BCUT2D eigenvalue weighted by atomic mass is 9.83. The fourth-order valence-corrected chi connectivity index (χ4v) is 3.61. The zero-order valence-corrected chi connectivity index (χ0v) is 13.6. The third kappa shape index (κ3) is 4.93. The number of hydrogen-bond acceptors (Lipinski definition) is 6. The fraction of sp³-hybridized carbons (Fsp3) is 0.929. The Morgan fingerprint density at radius 1 is 1.19 bits per heavy atom. The van der Waals surface area contributed by atoms with E-state index in [2.05, 4.69) is 4.90 Å². The molecule has 0 aromatic rings. The first-order valence-electron chi connectivity index (χ1n) is 7.64. The van der Waals surface area contributed by atoms with Crippen molar-refractivity contribution in [2.75, 3.05) is 32.6 Å². The topological polar surface area (TPSA) is 72.9 Å². The molecule has 21 heavy (non-hydrogen) atoms. The van der Waals surface area contributed by atoms with Gasteiger partial charge in [-0.1, -0.05) is 0 Å². The second-order valence-corrected chi connectivity index (χ2v) is 7.71. The zero-order chi connectivity index (χ0) is 15.5. The Labute approximate surface area is 126 Å². The molecular weight excluding hydrogens is 294 g/mol. The second kappa shape index (κ2) is 7.07. The molecule has 0 atom stereocenters. The normalized spacial score (nSPS) is 28.1. The Kier molecular flexibility index (Phi) is 5.62. The summed E-state index contributed by atoms with van der Waals surface area (Å²) in [5, 5.41) is 0. The number of rotatable bonds is 6. The Morgan fingerprint density at radius 3 is 2.33 bits per heavy atom. The molecule has 1 saturated carbocycles. The van der Waals surface area contributed by atoms with E-state index in [1.807, 2.05) is 6.92 Å². The first-order valence-corrected chi connectivity index (χ1v) is 9.45. The minimum atomic E-state index is -3.33. The summed E-state index contributed by atoms with van der Waals surface area (Å²) in [5.74, 6) is 0.313. The van der Waals surface area contributed by atoms with Gasteiger partial charge in [0.05, 0.1) is 25.4 Å². The number of carbonyl (C=O) groups excluding carboxylic acids is 1. The lowest BCUT2D eigenvalue weighted by molar-refractivity contribution is -0.149. The van der Waals surface area contributed by atoms with Crippen molar-refractivity contribution in [3.05, 3.63) is 0 Å². The number of hydrogen-bond donors (Lipinski definition) is 0. The lowest BCUT2D eigenvalue weighted by Gasteiger charge is -2.46. The molecule has 1 saturated heterocycles. The van der Waals surface area contributed by atoms with E-state index in [0.717, 1.165) is 45.0 Å². The summed E-state index contributed by atoms with van der Waals surface area (Å²) in [4.78, 5) is 14.1. The summed E-state index contributed by atoms with van der Waals surface area (Å²) in [6.45, 7) is 4.36. The van der Waals surface area contributed by atoms with Crippen LogP contribution < -0.4 is 0 Å². The van der Waals surface area contributed by atoms with Crippen molar-refractivity contribution in [3.63, 3.8) is 0 Å². The minimum absolute atomic E-state index is 0.0565. The molecule has 0 aromatic heterocycles. The molecule has 0 unspecified atom stereocenters. The van der Waals surface area contributed by atoms with Gasteiger partial charge in [-0.05, 0) is 32.6 Å². The summed E-state index contributed by atoms with van der Waals surface area (Å²) in [6.07, 6.45) is 4.90. The van der Waals surface area contributed by atoms with Crippen molar-refractivity contribution in [2.45, 2.75) is 38.6 Å². The van der Waals surface area contributed by atoms with Gasteiger partial charge in [-0.15, -0.1) is 0 Å². The minimum Gasteiger partial charge on any atom is -0.466 e. The molecule has 2 aliphatic rings. The molecule has 2 rings (SSSR count). The van der Waals surface area contributed by atoms with E-state index in [0.29, 0.717) is 18.6 Å². The number of carbonyl (C=O) groups is 1. The van der Waals surface area contributed by atoms with Gasteiger partial charge in [-0.2, -0.15) is 8.42 Å². The third-order valence-electron chi connectivity index (χ3n) is 4.34. The molecule has 6 nitrogen and oxygen atoms in total. The maximum atomic E-state index is 11.7. The highest BCUT2D eigenvalue weighted by Crippen LogP contribution is 2.32. The molecule has 0 radical (unpaired) electrons. The van der Waals surface area contributed by atoms with Gasteiger partial charge in [-0.3, -0.25) is 13.9 Å². The summed E-state index contributed by atoms with van der Waals surface area (Å²) in [6, 6.07) is 0.519. The van der Waals surface area contributed by atoms with Gasteiger partial charge in [0.15, 0.2) is 0 Å². The third-order valence-corrected chi connectivity index (χ3v) is 4.90. The molecular formula is C14H25NO5S. The number of esters is 1. The predicted octanol–water partition coefficient (Wildman–Crippen LogP) is 1.02. The van der Waals surface area contributed by atoms with E-state index < -0.39 is 10.1 Å². The average Bonchev–Trinajstić information content (AvgIpc) is 2.36. The molecule has 0 N–H and O–H groups in total. The van der Waals surface area contributed by atoms with E-state index in [4.69, 9.17) is 8.92 Å². The van der Waals surface area contributed by atoms with Gasteiger partial charge in [0, 0.05) is 25.0 Å². The van der Waals surface area contributed by atoms with Crippen molar-refractivity contribution in [3.8, 4) is 0 Å². The first kappa shape index (κ1) is 16.7. The predicted molar refractivity (Wildman–Crippen MR) is 78.2 cm³/mol. The van der Waals surface area contributed by atoms with E-state index in [1.54, 1.807) is 0 Å². The first-order chi connectivity index (χ1) is 9.89. The van der Waals surface area contributed by atoms with Gasteiger partial charge in [0.25, 0.3) is 10.1 Å². The van der Waals surface area contributed by atoms with Crippen LogP contribution in [-0.4, -0.2) is 57.9 Å². The molecule has 0 amide bonds. The number of ether oxygens (including phenoxy) is 1. The maximum Gasteiger partial charge on any atom is 0.308 e. The molecule has 2 fully saturated rings. The van der Waals surface area contributed by atoms with Crippen LogP contribution in [0.5, 0.6) is 0 Å². The van der Waals surface area contributed by atoms with Gasteiger partial charge >= 0.3 is 5.97 Å². The molecule has 0 bridgehead atoms. The van der Waals surface area contributed by atoms with E-state index >= 15 is 0 Å². The zero-order valence-electron chi connectivity index (χ0n) is 12.8. The van der Waals surface area contributed by atoms with Gasteiger partial charge in [0.2, 0.25) is 0 Å². The van der Waals surface area contributed by atoms with Crippen LogP contribution in [0, 0.1) is 11.8 Å². The molecule has 7 heteroatoms. The van der Waals surface area contributed by atoms with Crippen LogP contribution in [0.1, 0.15) is 32.6 Å². The molecule has 0 spiro atoms. The summed E-state index contributed by atoms with van der Waals surface area (Å²) < 4.78 is 31.8. The Bertz CT molecular complexity index is 450. The molecule has 0 aromatic carbocycles. The van der Waals surface area contributed by atoms with Crippen LogP contribution in [0.25, 0.3) is 0 Å². The highest BCUT2D eigenvalue weighted by molar-refractivity contribution is 7.85. The van der Waals surface area contributed by atoms with Crippen LogP contribution in [0.3, 0.4) is 0 Å². The van der Waals surface area contributed by atoms with Crippen molar-refractivity contribution < 1.29 is 22.1 Å². The summed E-state index contributed by atoms with van der Waals surface area (Å²) >= 11 is 0. The summed E-state index contributed by atoms with van der Waals surface area (Å²) in [7, 11) is -3.33. The lowest BCUT2D eigenvalue weighted by Crippen LogP contribution is -2.54. The van der Waals surface area contributed by atoms with Gasteiger partial charge < -0.3 is 4.74 Å². The maximum absolute atomic E-state index is 11.7. The number of nitrogens with zero attached hydrogens (tertiary/aromatic N) is 1. The van der Waals surface area contributed by atoms with E-state index in [1.165, 1.54) is 0 Å². The molecule has 122 valence electrons. The largest absolute Gasteiger partial charge is 0.466 e. The van der Waals surface area contributed by atoms with Crippen molar-refractivity contribution in [1.29, 1.82) is 0 Å². The van der Waals surface area contributed by atoms with Gasteiger partial charge in [0.1, 0.15) is 0 Å².